The number of benzene rings is 2. The SMILES string of the molecule is Cc1cc(C(=O)N2CCC[C@@H]3c4cc(C#N)ccc4C[C@@H]32)cc2[nH]cnc12.[HH]. The maximum absolute atomic E-state index is 13.4. The van der Waals surface area contributed by atoms with Crippen molar-refractivity contribution in [2.75, 3.05) is 6.54 Å². The van der Waals surface area contributed by atoms with Crippen LogP contribution in [-0.4, -0.2) is 33.4 Å². The smallest absolute Gasteiger partial charge is 0.254 e. The lowest BCUT2D eigenvalue weighted by molar-refractivity contribution is 0.0595. The standard InChI is InChI=1S/C22H20N4O.H2/c1-13-7-16(9-19-21(13)25-12-24-19)22(27)26-6-2-3-17-18-8-14(11-23)4-5-15(18)10-20(17)26;/h4-5,7-9,12,17,20H,2-3,6,10H2,1H3,(H,24,25);1H/t17-,20+;/m1./s1. The third-order valence-corrected chi connectivity index (χ3v) is 6.10. The van der Waals surface area contributed by atoms with Crippen LogP contribution < -0.4 is 0 Å². The molecule has 1 aromatic heterocycles. The molecule has 2 heterocycles. The van der Waals surface area contributed by atoms with Gasteiger partial charge in [-0.05, 0) is 67.1 Å². The first kappa shape index (κ1) is 16.1. The first-order chi connectivity index (χ1) is 13.2. The fourth-order valence-electron chi connectivity index (χ4n) is 4.86. The topological polar surface area (TPSA) is 72.8 Å². The number of carbonyl (C=O) groups is 1. The van der Waals surface area contributed by atoms with Gasteiger partial charge in [0, 0.05) is 25.5 Å². The third-order valence-electron chi connectivity index (χ3n) is 6.10. The van der Waals surface area contributed by atoms with Crippen LogP contribution in [0.15, 0.2) is 36.7 Å². The quantitative estimate of drug-likeness (QED) is 0.716. The van der Waals surface area contributed by atoms with Gasteiger partial charge in [0.15, 0.2) is 0 Å². The second kappa shape index (κ2) is 5.95. The number of nitriles is 1. The maximum Gasteiger partial charge on any atom is 0.254 e. The van der Waals surface area contributed by atoms with Crippen molar-refractivity contribution in [2.45, 2.75) is 38.1 Å². The Balaban J connectivity index is 0.00000192. The van der Waals surface area contributed by atoms with E-state index >= 15 is 0 Å². The molecule has 1 N–H and O–H groups in total. The summed E-state index contributed by atoms with van der Waals surface area (Å²) in [6.07, 6.45) is 4.62. The van der Waals surface area contributed by atoms with Gasteiger partial charge in [0.05, 0.1) is 29.0 Å². The predicted octanol–water partition coefficient (Wildman–Crippen LogP) is 3.93. The molecular formula is C22H22N4O. The van der Waals surface area contributed by atoms with E-state index in [0.29, 0.717) is 11.5 Å². The van der Waals surface area contributed by atoms with Crippen molar-refractivity contribution in [2.24, 2.45) is 0 Å². The van der Waals surface area contributed by atoms with Gasteiger partial charge in [-0.25, -0.2) is 4.98 Å². The molecule has 2 atom stereocenters. The molecule has 1 saturated heterocycles. The summed E-state index contributed by atoms with van der Waals surface area (Å²) in [5.74, 6) is 0.431. The Kier molecular flexibility index (Phi) is 3.54. The van der Waals surface area contributed by atoms with Crippen molar-refractivity contribution in [1.82, 2.24) is 14.9 Å². The molecule has 5 rings (SSSR count). The van der Waals surface area contributed by atoms with E-state index in [1.165, 1.54) is 11.1 Å². The van der Waals surface area contributed by atoms with Gasteiger partial charge in [0.25, 0.3) is 5.91 Å². The number of fused-ring (bicyclic) bond motifs is 4. The largest absolute Gasteiger partial charge is 0.345 e. The van der Waals surface area contributed by atoms with Crippen LogP contribution in [0.4, 0.5) is 0 Å². The van der Waals surface area contributed by atoms with Crippen LogP contribution in [0.2, 0.25) is 0 Å². The van der Waals surface area contributed by atoms with Gasteiger partial charge in [0.1, 0.15) is 0 Å². The Morgan fingerprint density at radius 1 is 1.37 bits per heavy atom. The summed E-state index contributed by atoms with van der Waals surface area (Å²) in [7, 11) is 0. The van der Waals surface area contributed by atoms with Gasteiger partial charge >= 0.3 is 0 Å². The lowest BCUT2D eigenvalue weighted by atomic mass is 9.87. The van der Waals surface area contributed by atoms with Gasteiger partial charge < -0.3 is 9.88 Å². The fraction of sp³-hybridized carbons (Fsp3) is 0.318. The van der Waals surface area contributed by atoms with Crippen molar-refractivity contribution >= 4 is 16.9 Å². The highest BCUT2D eigenvalue weighted by Gasteiger charge is 2.41. The molecule has 3 aromatic rings. The molecule has 1 amide bonds. The molecule has 5 nitrogen and oxygen atoms in total. The molecule has 27 heavy (non-hydrogen) atoms. The van der Waals surface area contributed by atoms with Crippen LogP contribution in [0.25, 0.3) is 11.0 Å². The lowest BCUT2D eigenvalue weighted by Crippen LogP contribution is -2.46. The first-order valence-corrected chi connectivity index (χ1v) is 9.43. The highest BCUT2D eigenvalue weighted by atomic mass is 16.2. The maximum atomic E-state index is 13.4. The van der Waals surface area contributed by atoms with Crippen molar-refractivity contribution in [3.63, 3.8) is 0 Å². The molecule has 1 fully saturated rings. The zero-order chi connectivity index (χ0) is 18.5. The second-order valence-electron chi connectivity index (χ2n) is 7.64. The number of nitrogens with one attached hydrogen (secondary N) is 1. The van der Waals surface area contributed by atoms with Crippen molar-refractivity contribution in [3.05, 3.63) is 64.5 Å². The molecular weight excluding hydrogens is 336 g/mol. The van der Waals surface area contributed by atoms with Gasteiger partial charge in [-0.15, -0.1) is 0 Å². The van der Waals surface area contributed by atoms with E-state index in [4.69, 9.17) is 0 Å². The van der Waals surface area contributed by atoms with Crippen molar-refractivity contribution < 1.29 is 6.22 Å². The van der Waals surface area contributed by atoms with Crippen LogP contribution in [-0.2, 0) is 6.42 Å². The number of rotatable bonds is 1. The number of carbonyl (C=O) groups excluding carboxylic acids is 1. The van der Waals surface area contributed by atoms with E-state index in [0.717, 1.165) is 48.0 Å². The number of hydrogen-bond donors (Lipinski definition) is 1. The number of aryl methyl sites for hydroxylation is 1. The average molecular weight is 358 g/mol. The zero-order valence-corrected chi connectivity index (χ0v) is 15.2. The minimum atomic E-state index is 0. The van der Waals surface area contributed by atoms with E-state index in [1.807, 2.05) is 31.2 Å². The van der Waals surface area contributed by atoms with Gasteiger partial charge in [0.2, 0.25) is 0 Å². The Bertz CT molecular complexity index is 1110. The number of hydrogen-bond acceptors (Lipinski definition) is 3. The zero-order valence-electron chi connectivity index (χ0n) is 15.2. The Morgan fingerprint density at radius 3 is 3.11 bits per heavy atom. The van der Waals surface area contributed by atoms with Gasteiger partial charge in [-0.1, -0.05) is 6.07 Å². The summed E-state index contributed by atoms with van der Waals surface area (Å²) >= 11 is 0. The molecule has 1 aliphatic heterocycles. The lowest BCUT2D eigenvalue weighted by Gasteiger charge is -2.38. The number of H-pyrrole nitrogens is 1. The van der Waals surface area contributed by atoms with Gasteiger partial charge in [-0.2, -0.15) is 5.26 Å². The minimum absolute atomic E-state index is 0. The van der Waals surface area contributed by atoms with Gasteiger partial charge in [-0.3, -0.25) is 4.79 Å². The molecule has 0 spiro atoms. The normalized spacial score (nSPS) is 21.0. The van der Waals surface area contributed by atoms with Crippen LogP contribution in [0, 0.1) is 18.3 Å². The van der Waals surface area contributed by atoms with E-state index in [2.05, 4.69) is 27.0 Å². The number of likely N-dealkylation sites (tertiary alicyclic amines) is 1. The van der Waals surface area contributed by atoms with Crippen molar-refractivity contribution in [1.29, 1.82) is 5.26 Å². The monoisotopic (exact) mass is 358 g/mol. The Hall–Kier alpha value is -3.13. The minimum Gasteiger partial charge on any atom is -0.345 e. The molecule has 0 unspecified atom stereocenters. The highest BCUT2D eigenvalue weighted by molar-refractivity contribution is 5.98. The third kappa shape index (κ3) is 2.44. The Morgan fingerprint density at radius 2 is 2.26 bits per heavy atom. The van der Waals surface area contributed by atoms with Crippen molar-refractivity contribution in [3.8, 4) is 6.07 Å². The fourth-order valence-corrected chi connectivity index (χ4v) is 4.86. The molecule has 0 radical (unpaired) electrons. The van der Waals surface area contributed by atoms with Crippen LogP contribution in [0.3, 0.4) is 0 Å². The number of imidazole rings is 1. The van der Waals surface area contributed by atoms with E-state index < -0.39 is 0 Å². The number of piperidine rings is 1. The first-order valence-electron chi connectivity index (χ1n) is 9.43. The Labute approximate surface area is 159 Å². The molecule has 136 valence electrons. The van der Waals surface area contributed by atoms with Crippen LogP contribution in [0.5, 0.6) is 0 Å². The van der Waals surface area contributed by atoms with Crippen LogP contribution in [0.1, 0.15) is 52.8 Å². The number of aromatic amines is 1. The summed E-state index contributed by atoms with van der Waals surface area (Å²) in [5, 5.41) is 9.23. The average Bonchev–Trinajstić information content (AvgIpc) is 3.31. The number of nitrogens with zero attached hydrogens (tertiary/aromatic N) is 3. The second-order valence-corrected chi connectivity index (χ2v) is 7.64. The summed E-state index contributed by atoms with van der Waals surface area (Å²) in [4.78, 5) is 22.9. The van der Waals surface area contributed by atoms with Crippen LogP contribution >= 0.6 is 0 Å². The molecule has 1 aliphatic carbocycles. The summed E-state index contributed by atoms with van der Waals surface area (Å²) in [6.45, 7) is 2.78. The molecule has 5 heteroatoms. The van der Waals surface area contributed by atoms with E-state index in [9.17, 15) is 10.1 Å². The molecule has 2 aliphatic rings. The predicted molar refractivity (Wildman–Crippen MR) is 105 cm³/mol. The number of aromatic nitrogens is 2. The number of amides is 1. The van der Waals surface area contributed by atoms with E-state index in [-0.39, 0.29) is 13.4 Å². The molecule has 0 bridgehead atoms. The highest BCUT2D eigenvalue weighted by Crippen LogP contribution is 2.43. The summed E-state index contributed by atoms with van der Waals surface area (Å²) in [5.41, 5.74) is 6.80. The van der Waals surface area contributed by atoms with E-state index in [1.54, 1.807) is 6.33 Å². The molecule has 2 aromatic carbocycles. The molecule has 0 saturated carbocycles. The summed E-state index contributed by atoms with van der Waals surface area (Å²) < 4.78 is 0. The summed E-state index contributed by atoms with van der Waals surface area (Å²) in [6, 6.07) is 12.3.